The number of ether oxygens (including phenoxy) is 2. The van der Waals surface area contributed by atoms with E-state index in [1.54, 1.807) is 12.1 Å². The zero-order valence-electron chi connectivity index (χ0n) is 7.82. The highest BCUT2D eigenvalue weighted by Crippen LogP contribution is 2.23. The van der Waals surface area contributed by atoms with Gasteiger partial charge in [0.25, 0.3) is 0 Å². The Hall–Kier alpha value is -0.650. The maximum absolute atomic E-state index is 13.1. The van der Waals surface area contributed by atoms with Crippen molar-refractivity contribution in [2.75, 3.05) is 13.2 Å². The van der Waals surface area contributed by atoms with Gasteiger partial charge in [0.15, 0.2) is 0 Å². The molecule has 0 amide bonds. The Kier molecular flexibility index (Phi) is 3.23. The number of hydrogen-bond donors (Lipinski definition) is 1. The normalized spacial score (nSPS) is 25.5. The Morgan fingerprint density at radius 2 is 2.27 bits per heavy atom. The number of aliphatic hydroxyl groups is 1. The van der Waals surface area contributed by atoms with Gasteiger partial charge in [0, 0.05) is 6.07 Å². The van der Waals surface area contributed by atoms with Crippen LogP contribution < -0.4 is 4.74 Å². The van der Waals surface area contributed by atoms with E-state index in [1.165, 1.54) is 6.07 Å². The van der Waals surface area contributed by atoms with Gasteiger partial charge >= 0.3 is 0 Å². The third-order valence-electron chi connectivity index (χ3n) is 2.18. The molecule has 1 fully saturated rings. The molecule has 1 aromatic rings. The van der Waals surface area contributed by atoms with Crippen LogP contribution in [0.4, 0.5) is 4.39 Å². The zero-order chi connectivity index (χ0) is 10.8. The molecule has 0 saturated carbocycles. The van der Waals surface area contributed by atoms with Crippen LogP contribution in [0.1, 0.15) is 0 Å². The van der Waals surface area contributed by atoms with Crippen LogP contribution >= 0.6 is 15.9 Å². The fraction of sp³-hybridized carbons (Fsp3) is 0.400. The average Bonchev–Trinajstić information content (AvgIpc) is 2.59. The highest BCUT2D eigenvalue weighted by atomic mass is 79.9. The Morgan fingerprint density at radius 3 is 2.87 bits per heavy atom. The van der Waals surface area contributed by atoms with Gasteiger partial charge in [0.2, 0.25) is 0 Å². The first-order valence-corrected chi connectivity index (χ1v) is 5.33. The summed E-state index contributed by atoms with van der Waals surface area (Å²) in [5.74, 6) is 0.00570. The van der Waals surface area contributed by atoms with Crippen molar-refractivity contribution < 1.29 is 19.0 Å². The third kappa shape index (κ3) is 2.48. The minimum Gasteiger partial charge on any atom is -0.485 e. The molecule has 1 heterocycles. The van der Waals surface area contributed by atoms with Crippen molar-refractivity contribution in [3.05, 3.63) is 28.5 Å². The number of rotatable bonds is 2. The van der Waals surface area contributed by atoms with E-state index in [2.05, 4.69) is 15.9 Å². The number of aliphatic hydroxyl groups excluding tert-OH is 1. The van der Waals surface area contributed by atoms with Gasteiger partial charge in [-0.1, -0.05) is 0 Å². The van der Waals surface area contributed by atoms with Crippen LogP contribution in [0, 0.1) is 5.82 Å². The standard InChI is InChI=1S/C10H10BrFO3/c11-7-2-1-6(3-8(7)12)15-10-5-14-4-9(10)13/h1-3,9-10,13H,4-5H2/t9-,10-/m0/s1. The van der Waals surface area contributed by atoms with Crippen molar-refractivity contribution in [3.63, 3.8) is 0 Å². The highest BCUT2D eigenvalue weighted by molar-refractivity contribution is 9.10. The molecule has 1 N–H and O–H groups in total. The largest absolute Gasteiger partial charge is 0.485 e. The maximum Gasteiger partial charge on any atom is 0.150 e. The summed E-state index contributed by atoms with van der Waals surface area (Å²) in [5.41, 5.74) is 0. The Morgan fingerprint density at radius 1 is 1.47 bits per heavy atom. The van der Waals surface area contributed by atoms with E-state index in [4.69, 9.17) is 9.47 Å². The summed E-state index contributed by atoms with van der Waals surface area (Å²) in [4.78, 5) is 0. The predicted molar refractivity (Wildman–Crippen MR) is 55.3 cm³/mol. The van der Waals surface area contributed by atoms with Gasteiger partial charge in [-0.3, -0.25) is 0 Å². The van der Waals surface area contributed by atoms with Crippen LogP contribution in [0.3, 0.4) is 0 Å². The van der Waals surface area contributed by atoms with Gasteiger partial charge in [-0.2, -0.15) is 0 Å². The lowest BCUT2D eigenvalue weighted by Gasteiger charge is -2.15. The second-order valence-corrected chi connectivity index (χ2v) is 4.19. The maximum atomic E-state index is 13.1. The van der Waals surface area contributed by atoms with Gasteiger partial charge in [-0.25, -0.2) is 4.39 Å². The highest BCUT2D eigenvalue weighted by Gasteiger charge is 2.28. The lowest BCUT2D eigenvalue weighted by molar-refractivity contribution is 0.0731. The molecule has 1 saturated heterocycles. The molecule has 5 heteroatoms. The molecule has 3 nitrogen and oxygen atoms in total. The third-order valence-corrected chi connectivity index (χ3v) is 2.82. The van der Waals surface area contributed by atoms with Gasteiger partial charge in [-0.15, -0.1) is 0 Å². The van der Waals surface area contributed by atoms with Gasteiger partial charge in [-0.05, 0) is 28.1 Å². The van der Waals surface area contributed by atoms with E-state index in [0.29, 0.717) is 16.8 Å². The molecule has 0 radical (unpaired) electrons. The predicted octanol–water partition coefficient (Wildman–Crippen LogP) is 1.73. The first-order chi connectivity index (χ1) is 7.16. The molecule has 15 heavy (non-hydrogen) atoms. The number of halogens is 2. The minimum absolute atomic E-state index is 0.268. The molecule has 0 spiro atoms. The Balaban J connectivity index is 2.07. The smallest absolute Gasteiger partial charge is 0.150 e. The molecule has 82 valence electrons. The van der Waals surface area contributed by atoms with Gasteiger partial charge in [0.1, 0.15) is 23.8 Å². The summed E-state index contributed by atoms with van der Waals surface area (Å²) in [6.45, 7) is 0.600. The van der Waals surface area contributed by atoms with Gasteiger partial charge in [0.05, 0.1) is 17.7 Å². The second kappa shape index (κ2) is 4.47. The topological polar surface area (TPSA) is 38.7 Å². The molecule has 0 bridgehead atoms. The number of hydrogen-bond acceptors (Lipinski definition) is 3. The summed E-state index contributed by atoms with van der Waals surface area (Å²) < 4.78 is 23.9. The first-order valence-electron chi connectivity index (χ1n) is 4.54. The van der Waals surface area contributed by atoms with Crippen LogP contribution in [-0.4, -0.2) is 30.5 Å². The van der Waals surface area contributed by atoms with Crippen molar-refractivity contribution in [2.45, 2.75) is 12.2 Å². The first kappa shape index (κ1) is 10.9. The van der Waals surface area contributed by atoms with E-state index in [-0.39, 0.29) is 12.4 Å². The molecule has 0 aromatic heterocycles. The fourth-order valence-corrected chi connectivity index (χ4v) is 1.61. The molecule has 2 atom stereocenters. The molecule has 0 aliphatic carbocycles. The van der Waals surface area contributed by atoms with Gasteiger partial charge < -0.3 is 14.6 Å². The summed E-state index contributed by atoms with van der Waals surface area (Å²) in [6, 6.07) is 4.47. The minimum atomic E-state index is -0.642. The molecular weight excluding hydrogens is 267 g/mol. The molecule has 0 unspecified atom stereocenters. The second-order valence-electron chi connectivity index (χ2n) is 3.34. The van der Waals surface area contributed by atoms with Crippen molar-refractivity contribution in [3.8, 4) is 5.75 Å². The lowest BCUT2D eigenvalue weighted by Crippen LogP contribution is -2.29. The SMILES string of the molecule is O[C@H]1COC[C@@H]1Oc1ccc(Br)c(F)c1. The van der Waals surface area contributed by atoms with E-state index < -0.39 is 12.2 Å². The van der Waals surface area contributed by atoms with E-state index in [0.717, 1.165) is 0 Å². The summed E-state index contributed by atoms with van der Waals surface area (Å²) in [5, 5.41) is 9.42. The van der Waals surface area contributed by atoms with E-state index >= 15 is 0 Å². The fourth-order valence-electron chi connectivity index (χ4n) is 1.36. The summed E-state index contributed by atoms with van der Waals surface area (Å²) in [6.07, 6.45) is -1.05. The zero-order valence-corrected chi connectivity index (χ0v) is 9.41. The molecular formula is C10H10BrFO3. The average molecular weight is 277 g/mol. The summed E-state index contributed by atoms with van der Waals surface area (Å²) in [7, 11) is 0. The molecule has 1 aromatic carbocycles. The van der Waals surface area contributed by atoms with Crippen LogP contribution in [-0.2, 0) is 4.74 Å². The van der Waals surface area contributed by atoms with Crippen molar-refractivity contribution in [1.82, 2.24) is 0 Å². The van der Waals surface area contributed by atoms with E-state index in [1.807, 2.05) is 0 Å². The van der Waals surface area contributed by atoms with Crippen LogP contribution in [0.25, 0.3) is 0 Å². The Bertz CT molecular complexity index is 359. The van der Waals surface area contributed by atoms with Crippen molar-refractivity contribution in [1.29, 1.82) is 0 Å². The molecule has 2 rings (SSSR count). The molecule has 1 aliphatic rings. The van der Waals surface area contributed by atoms with Crippen LogP contribution in [0.5, 0.6) is 5.75 Å². The van der Waals surface area contributed by atoms with Crippen molar-refractivity contribution in [2.24, 2.45) is 0 Å². The number of benzene rings is 1. The Labute approximate surface area is 94.9 Å². The van der Waals surface area contributed by atoms with Crippen LogP contribution in [0.2, 0.25) is 0 Å². The lowest BCUT2D eigenvalue weighted by atomic mass is 10.2. The quantitative estimate of drug-likeness (QED) is 0.894. The van der Waals surface area contributed by atoms with E-state index in [9.17, 15) is 9.50 Å². The van der Waals surface area contributed by atoms with Crippen molar-refractivity contribution >= 4 is 15.9 Å². The molecule has 1 aliphatic heterocycles. The monoisotopic (exact) mass is 276 g/mol. The summed E-state index contributed by atoms with van der Waals surface area (Å²) >= 11 is 3.05. The van der Waals surface area contributed by atoms with Crippen LogP contribution in [0.15, 0.2) is 22.7 Å².